The van der Waals surface area contributed by atoms with Crippen molar-refractivity contribution < 1.29 is 33.0 Å². The number of carboxylic acid groups (broad SMARTS) is 1. The highest BCUT2D eigenvalue weighted by atomic mass is 79.9. The van der Waals surface area contributed by atoms with Crippen molar-refractivity contribution in [1.29, 1.82) is 0 Å². The fourth-order valence-corrected chi connectivity index (χ4v) is 5.17. The van der Waals surface area contributed by atoms with Crippen LogP contribution in [0.1, 0.15) is 27.0 Å². The first-order chi connectivity index (χ1) is 17.4. The lowest BCUT2D eigenvalue weighted by atomic mass is 10.1. The van der Waals surface area contributed by atoms with E-state index in [-0.39, 0.29) is 28.8 Å². The maximum Gasteiger partial charge on any atom is 0.399 e. The number of benzene rings is 3. The molecule has 0 aliphatic carbocycles. The molecular weight excluding hydrogens is 573 g/mol. The van der Waals surface area contributed by atoms with Crippen molar-refractivity contribution in [3.63, 3.8) is 0 Å². The number of imidazole rings is 1. The highest BCUT2D eigenvalue weighted by Crippen LogP contribution is 2.60. The normalized spacial score (nSPS) is 12.0. The standard InChI is InChI=1S/C25H20BrF2N2O6P/c26-21-12-17(6-11-20(21)25(27,28)37(34,35)36)14-30-22(18-7-9-19(10-8-18)23(31)32)15-29(24(30)33)13-16-4-2-1-3-5-16/h1-12,15H,13-14H2,(H,31,32)(H2,34,35,36). The molecule has 4 rings (SSSR count). The molecule has 192 valence electrons. The summed E-state index contributed by atoms with van der Waals surface area (Å²) in [4.78, 5) is 42.8. The molecule has 37 heavy (non-hydrogen) atoms. The molecule has 0 spiro atoms. The van der Waals surface area contributed by atoms with Gasteiger partial charge in [0.25, 0.3) is 0 Å². The van der Waals surface area contributed by atoms with E-state index in [0.29, 0.717) is 16.8 Å². The average molecular weight is 593 g/mol. The first kappa shape index (κ1) is 26.7. The number of rotatable bonds is 8. The first-order valence-corrected chi connectivity index (χ1v) is 13.2. The van der Waals surface area contributed by atoms with Crippen LogP contribution in [0.15, 0.2) is 88.3 Å². The molecule has 8 nitrogen and oxygen atoms in total. The predicted molar refractivity (Wildman–Crippen MR) is 136 cm³/mol. The largest absolute Gasteiger partial charge is 0.478 e. The molecule has 0 unspecified atom stereocenters. The molecule has 0 saturated carbocycles. The van der Waals surface area contributed by atoms with E-state index in [1.807, 2.05) is 30.3 Å². The van der Waals surface area contributed by atoms with Crippen molar-refractivity contribution in [2.75, 3.05) is 0 Å². The van der Waals surface area contributed by atoms with Gasteiger partial charge in [-0.25, -0.2) is 9.59 Å². The fourth-order valence-electron chi connectivity index (χ4n) is 3.83. The maximum absolute atomic E-state index is 14.2. The van der Waals surface area contributed by atoms with Crippen molar-refractivity contribution in [3.8, 4) is 11.3 Å². The summed E-state index contributed by atoms with van der Waals surface area (Å²) in [6, 6.07) is 18.7. The zero-order valence-electron chi connectivity index (χ0n) is 19.0. The summed E-state index contributed by atoms with van der Waals surface area (Å²) in [7, 11) is -5.76. The molecule has 0 aliphatic heterocycles. The molecule has 3 aromatic carbocycles. The highest BCUT2D eigenvalue weighted by Gasteiger charge is 2.51. The third-order valence-corrected chi connectivity index (χ3v) is 7.36. The van der Waals surface area contributed by atoms with E-state index in [9.17, 15) is 28.0 Å². The van der Waals surface area contributed by atoms with Crippen molar-refractivity contribution in [1.82, 2.24) is 9.13 Å². The van der Waals surface area contributed by atoms with Crippen molar-refractivity contribution in [2.24, 2.45) is 0 Å². The van der Waals surface area contributed by atoms with Crippen LogP contribution in [-0.2, 0) is 23.3 Å². The Bertz CT molecular complexity index is 1560. The Kier molecular flexibility index (Phi) is 7.34. The van der Waals surface area contributed by atoms with E-state index < -0.39 is 24.8 Å². The summed E-state index contributed by atoms with van der Waals surface area (Å²) in [6.45, 7) is 0.223. The molecule has 0 atom stereocenters. The number of hydrogen-bond donors (Lipinski definition) is 3. The summed E-state index contributed by atoms with van der Waals surface area (Å²) >= 11 is 2.97. The van der Waals surface area contributed by atoms with Gasteiger partial charge in [0.1, 0.15) is 0 Å². The Morgan fingerprint density at radius 1 is 0.946 bits per heavy atom. The van der Waals surface area contributed by atoms with Crippen LogP contribution >= 0.6 is 23.5 Å². The molecule has 0 amide bonds. The molecule has 12 heteroatoms. The lowest BCUT2D eigenvalue weighted by molar-refractivity contribution is 0.0557. The quantitative estimate of drug-likeness (QED) is 0.245. The van der Waals surface area contributed by atoms with E-state index in [4.69, 9.17) is 9.79 Å². The van der Waals surface area contributed by atoms with Gasteiger partial charge in [-0.1, -0.05) is 70.5 Å². The Labute approximate surface area is 217 Å². The number of aromatic nitrogens is 2. The first-order valence-electron chi connectivity index (χ1n) is 10.8. The number of halogens is 3. The van der Waals surface area contributed by atoms with Gasteiger partial charge in [0, 0.05) is 16.2 Å². The summed E-state index contributed by atoms with van der Waals surface area (Å²) in [5.41, 5.74) is -3.24. The van der Waals surface area contributed by atoms with Gasteiger partial charge in [-0.3, -0.25) is 13.7 Å². The molecule has 1 heterocycles. The topological polar surface area (TPSA) is 122 Å². The SMILES string of the molecule is O=C(O)c1ccc(-c2cn(Cc3ccccc3)c(=O)n2Cc2ccc(C(F)(F)P(=O)(O)O)c(Br)c2)cc1. The molecule has 3 N–H and O–H groups in total. The Morgan fingerprint density at radius 2 is 1.59 bits per heavy atom. The van der Waals surface area contributed by atoms with Gasteiger partial charge in [-0.2, -0.15) is 8.78 Å². The Morgan fingerprint density at radius 3 is 2.16 bits per heavy atom. The van der Waals surface area contributed by atoms with Crippen molar-refractivity contribution in [3.05, 3.63) is 116 Å². The molecule has 0 aliphatic rings. The van der Waals surface area contributed by atoms with Crippen LogP contribution in [0.2, 0.25) is 0 Å². The minimum Gasteiger partial charge on any atom is -0.478 e. The maximum atomic E-state index is 14.2. The van der Waals surface area contributed by atoms with Gasteiger partial charge in [0.2, 0.25) is 0 Å². The minimum absolute atomic E-state index is 0.0446. The second-order valence-electron chi connectivity index (χ2n) is 8.28. The van der Waals surface area contributed by atoms with E-state index in [2.05, 4.69) is 15.9 Å². The highest BCUT2D eigenvalue weighted by molar-refractivity contribution is 9.10. The van der Waals surface area contributed by atoms with Gasteiger partial charge in [-0.15, -0.1) is 0 Å². The smallest absolute Gasteiger partial charge is 0.399 e. The fraction of sp³-hybridized carbons (Fsp3) is 0.120. The van der Waals surface area contributed by atoms with E-state index >= 15 is 0 Å². The zero-order valence-corrected chi connectivity index (χ0v) is 21.4. The number of hydrogen-bond acceptors (Lipinski definition) is 3. The van der Waals surface area contributed by atoms with Crippen LogP contribution < -0.4 is 5.69 Å². The average Bonchev–Trinajstić information content (AvgIpc) is 3.14. The van der Waals surface area contributed by atoms with Gasteiger partial charge >= 0.3 is 24.9 Å². The lowest BCUT2D eigenvalue weighted by Gasteiger charge is -2.19. The van der Waals surface area contributed by atoms with E-state index in [0.717, 1.165) is 11.6 Å². The minimum atomic E-state index is -5.76. The predicted octanol–water partition coefficient (Wildman–Crippen LogP) is 5.10. The van der Waals surface area contributed by atoms with Gasteiger partial charge in [0.05, 0.1) is 24.3 Å². The number of carbonyl (C=O) groups is 1. The van der Waals surface area contributed by atoms with Gasteiger partial charge in [0.15, 0.2) is 0 Å². The summed E-state index contributed by atoms with van der Waals surface area (Å²) in [5, 5.41) is 9.20. The molecule has 0 bridgehead atoms. The molecular formula is C25H20BrF2N2O6P. The third-order valence-electron chi connectivity index (χ3n) is 5.73. The van der Waals surface area contributed by atoms with Gasteiger partial charge < -0.3 is 14.9 Å². The summed E-state index contributed by atoms with van der Waals surface area (Å²) < 4.78 is 42.4. The van der Waals surface area contributed by atoms with Crippen LogP contribution in [0, 0.1) is 0 Å². The van der Waals surface area contributed by atoms with Crippen LogP contribution in [0.4, 0.5) is 8.78 Å². The molecule has 1 aromatic heterocycles. The molecule has 0 radical (unpaired) electrons. The Hall–Kier alpha value is -3.37. The number of nitrogens with zero attached hydrogens (tertiary/aromatic N) is 2. The number of alkyl halides is 2. The molecule has 0 saturated heterocycles. The van der Waals surface area contributed by atoms with Crippen LogP contribution in [0.3, 0.4) is 0 Å². The zero-order chi connectivity index (χ0) is 27.0. The van der Waals surface area contributed by atoms with Crippen LogP contribution in [-0.4, -0.2) is 30.0 Å². The second kappa shape index (κ2) is 10.2. The molecule has 0 fully saturated rings. The third kappa shape index (κ3) is 5.50. The van der Waals surface area contributed by atoms with E-state index in [1.165, 1.54) is 33.4 Å². The van der Waals surface area contributed by atoms with Crippen molar-refractivity contribution in [2.45, 2.75) is 18.8 Å². The molecule has 4 aromatic rings. The van der Waals surface area contributed by atoms with Crippen LogP contribution in [0.25, 0.3) is 11.3 Å². The number of carboxylic acids is 1. The lowest BCUT2D eigenvalue weighted by Crippen LogP contribution is -2.25. The number of aromatic carboxylic acids is 1. The van der Waals surface area contributed by atoms with Crippen molar-refractivity contribution >= 4 is 29.5 Å². The Balaban J connectivity index is 1.77. The summed E-state index contributed by atoms with van der Waals surface area (Å²) in [5.74, 6) is -1.09. The van der Waals surface area contributed by atoms with Gasteiger partial charge in [-0.05, 0) is 34.9 Å². The van der Waals surface area contributed by atoms with Crippen LogP contribution in [0.5, 0.6) is 0 Å². The van der Waals surface area contributed by atoms with E-state index in [1.54, 1.807) is 18.3 Å². The summed E-state index contributed by atoms with van der Waals surface area (Å²) in [6.07, 6.45) is 1.64. The monoisotopic (exact) mass is 592 g/mol. The second-order valence-corrected chi connectivity index (χ2v) is 10.8.